The van der Waals surface area contributed by atoms with E-state index >= 15 is 0 Å². The summed E-state index contributed by atoms with van der Waals surface area (Å²) in [6.07, 6.45) is 2.59. The van der Waals surface area contributed by atoms with Crippen LogP contribution in [0.25, 0.3) is 5.57 Å². The Labute approximate surface area is 138 Å². The molecule has 0 aliphatic rings. The Hall–Kier alpha value is -2.01. The van der Waals surface area contributed by atoms with Gasteiger partial charge in [-0.1, -0.05) is 0 Å². The summed E-state index contributed by atoms with van der Waals surface area (Å²) in [5.41, 5.74) is 1.70. The minimum Gasteiger partial charge on any atom is -0.497 e. The van der Waals surface area contributed by atoms with Gasteiger partial charge in [-0.05, 0) is 44.9 Å². The summed E-state index contributed by atoms with van der Waals surface area (Å²) in [5.74, 6) is 1.27. The van der Waals surface area contributed by atoms with Crippen LogP contribution < -0.4 is 14.8 Å². The summed E-state index contributed by atoms with van der Waals surface area (Å²) in [7, 11) is 3.20. The van der Waals surface area contributed by atoms with E-state index < -0.39 is 0 Å². The molecule has 0 spiro atoms. The number of carbonyl (C=O) groups excluding carboxylic acids is 1. The van der Waals surface area contributed by atoms with Crippen LogP contribution in [0.4, 0.5) is 0 Å². The Bertz CT molecular complexity index is 538. The molecule has 0 saturated carbocycles. The number of nitrogens with one attached hydrogen (secondary N) is 1. The molecular weight excluding hydrogens is 294 g/mol. The standard InChI is InChI=1S/C18H27NO4/c1-13(2)23-10-6-9-19-18(20)11-14(3)16-8-7-15(21-4)12-17(16)22-5/h7-8,11-13H,6,9-10H2,1-5H3,(H,19,20)/b14-11+. The van der Waals surface area contributed by atoms with E-state index in [1.54, 1.807) is 26.4 Å². The molecule has 1 aromatic carbocycles. The number of benzene rings is 1. The highest BCUT2D eigenvalue weighted by atomic mass is 16.5. The van der Waals surface area contributed by atoms with Gasteiger partial charge in [0.25, 0.3) is 0 Å². The first kappa shape index (κ1) is 19.0. The van der Waals surface area contributed by atoms with E-state index in [1.165, 1.54) is 0 Å². The molecule has 23 heavy (non-hydrogen) atoms. The summed E-state index contributed by atoms with van der Waals surface area (Å²) >= 11 is 0. The molecule has 5 heteroatoms. The lowest BCUT2D eigenvalue weighted by Crippen LogP contribution is -2.23. The summed E-state index contributed by atoms with van der Waals surface area (Å²) < 4.78 is 16.0. The molecule has 1 amide bonds. The van der Waals surface area contributed by atoms with Crippen molar-refractivity contribution in [3.63, 3.8) is 0 Å². The van der Waals surface area contributed by atoms with Crippen LogP contribution in [0, 0.1) is 0 Å². The molecule has 0 atom stereocenters. The van der Waals surface area contributed by atoms with Crippen molar-refractivity contribution in [1.82, 2.24) is 5.32 Å². The molecule has 0 fully saturated rings. The smallest absolute Gasteiger partial charge is 0.244 e. The topological polar surface area (TPSA) is 56.8 Å². The van der Waals surface area contributed by atoms with Crippen molar-refractivity contribution < 1.29 is 19.0 Å². The number of methoxy groups -OCH3 is 2. The number of ether oxygens (including phenoxy) is 3. The molecule has 0 aromatic heterocycles. The van der Waals surface area contributed by atoms with E-state index in [0.29, 0.717) is 24.7 Å². The molecule has 1 rings (SSSR count). The summed E-state index contributed by atoms with van der Waals surface area (Å²) in [4.78, 5) is 12.0. The van der Waals surface area contributed by atoms with E-state index in [2.05, 4.69) is 5.32 Å². The molecule has 128 valence electrons. The minimum absolute atomic E-state index is 0.120. The zero-order valence-corrected chi connectivity index (χ0v) is 14.6. The van der Waals surface area contributed by atoms with Crippen LogP contribution in [0.2, 0.25) is 0 Å². The van der Waals surface area contributed by atoms with E-state index in [-0.39, 0.29) is 12.0 Å². The molecule has 1 N–H and O–H groups in total. The van der Waals surface area contributed by atoms with E-state index in [4.69, 9.17) is 14.2 Å². The summed E-state index contributed by atoms with van der Waals surface area (Å²) in [6.45, 7) is 7.10. The molecule has 0 aliphatic carbocycles. The number of hydrogen-bond acceptors (Lipinski definition) is 4. The van der Waals surface area contributed by atoms with Gasteiger partial charge in [0.2, 0.25) is 5.91 Å². The third-order valence-electron chi connectivity index (χ3n) is 3.25. The molecule has 5 nitrogen and oxygen atoms in total. The maximum absolute atomic E-state index is 12.0. The minimum atomic E-state index is -0.120. The number of amides is 1. The highest BCUT2D eigenvalue weighted by molar-refractivity contribution is 5.95. The maximum atomic E-state index is 12.0. The van der Waals surface area contributed by atoms with E-state index in [1.807, 2.05) is 32.9 Å². The fourth-order valence-electron chi connectivity index (χ4n) is 2.05. The lowest BCUT2D eigenvalue weighted by molar-refractivity contribution is -0.116. The van der Waals surface area contributed by atoms with Gasteiger partial charge < -0.3 is 19.5 Å². The van der Waals surface area contributed by atoms with Crippen molar-refractivity contribution in [2.24, 2.45) is 0 Å². The van der Waals surface area contributed by atoms with Gasteiger partial charge in [0.1, 0.15) is 11.5 Å². The second-order valence-electron chi connectivity index (χ2n) is 5.46. The van der Waals surface area contributed by atoms with Gasteiger partial charge in [-0.3, -0.25) is 4.79 Å². The Balaban J connectivity index is 2.60. The van der Waals surface area contributed by atoms with Gasteiger partial charge in [-0.15, -0.1) is 0 Å². The largest absolute Gasteiger partial charge is 0.497 e. The Morgan fingerprint density at radius 2 is 2.00 bits per heavy atom. The van der Waals surface area contributed by atoms with Gasteiger partial charge in [-0.2, -0.15) is 0 Å². The average Bonchev–Trinajstić information content (AvgIpc) is 2.53. The summed E-state index contributed by atoms with van der Waals surface area (Å²) in [6, 6.07) is 5.53. The molecule has 0 bridgehead atoms. The predicted octanol–water partition coefficient (Wildman–Crippen LogP) is 3.04. The fourth-order valence-corrected chi connectivity index (χ4v) is 2.05. The number of carbonyl (C=O) groups is 1. The normalized spacial score (nSPS) is 11.5. The van der Waals surface area contributed by atoms with Crippen LogP contribution >= 0.6 is 0 Å². The second kappa shape index (κ2) is 9.90. The third-order valence-corrected chi connectivity index (χ3v) is 3.25. The number of rotatable bonds is 9. The van der Waals surface area contributed by atoms with Crippen LogP contribution in [0.15, 0.2) is 24.3 Å². The van der Waals surface area contributed by atoms with Crippen molar-refractivity contribution in [2.45, 2.75) is 33.3 Å². The van der Waals surface area contributed by atoms with Crippen molar-refractivity contribution in [3.8, 4) is 11.5 Å². The van der Waals surface area contributed by atoms with Gasteiger partial charge in [0.15, 0.2) is 0 Å². The predicted molar refractivity (Wildman–Crippen MR) is 91.9 cm³/mol. The quantitative estimate of drug-likeness (QED) is 0.561. The SMILES string of the molecule is COc1ccc(/C(C)=C/C(=O)NCCCOC(C)C)c(OC)c1. The second-order valence-corrected chi connectivity index (χ2v) is 5.46. The Kier molecular flexibility index (Phi) is 8.19. The molecule has 1 aromatic rings. The molecule has 0 unspecified atom stereocenters. The van der Waals surface area contributed by atoms with Crippen LogP contribution in [0.1, 0.15) is 32.8 Å². The lowest BCUT2D eigenvalue weighted by atomic mass is 10.1. The molecule has 0 heterocycles. The van der Waals surface area contributed by atoms with Crippen molar-refractivity contribution in [3.05, 3.63) is 29.8 Å². The molecule has 0 radical (unpaired) electrons. The third kappa shape index (κ3) is 6.74. The monoisotopic (exact) mass is 321 g/mol. The zero-order chi connectivity index (χ0) is 17.2. The van der Waals surface area contributed by atoms with Gasteiger partial charge >= 0.3 is 0 Å². The van der Waals surface area contributed by atoms with Crippen molar-refractivity contribution >= 4 is 11.5 Å². The lowest BCUT2D eigenvalue weighted by Gasteiger charge is -2.11. The van der Waals surface area contributed by atoms with Crippen molar-refractivity contribution in [1.29, 1.82) is 0 Å². The Morgan fingerprint density at radius 1 is 1.26 bits per heavy atom. The molecule has 0 saturated heterocycles. The van der Waals surface area contributed by atoms with Crippen LogP contribution in [-0.4, -0.2) is 39.4 Å². The maximum Gasteiger partial charge on any atom is 0.244 e. The average molecular weight is 321 g/mol. The van der Waals surface area contributed by atoms with Gasteiger partial charge in [-0.25, -0.2) is 0 Å². The van der Waals surface area contributed by atoms with Crippen LogP contribution in [-0.2, 0) is 9.53 Å². The fraction of sp³-hybridized carbons (Fsp3) is 0.500. The number of hydrogen-bond donors (Lipinski definition) is 1. The highest BCUT2D eigenvalue weighted by Gasteiger charge is 2.08. The van der Waals surface area contributed by atoms with E-state index in [0.717, 1.165) is 17.6 Å². The number of allylic oxidation sites excluding steroid dienone is 1. The first-order valence-corrected chi connectivity index (χ1v) is 7.78. The van der Waals surface area contributed by atoms with Crippen LogP contribution in [0.3, 0.4) is 0 Å². The van der Waals surface area contributed by atoms with Crippen molar-refractivity contribution in [2.75, 3.05) is 27.4 Å². The highest BCUT2D eigenvalue weighted by Crippen LogP contribution is 2.29. The first-order valence-electron chi connectivity index (χ1n) is 7.78. The Morgan fingerprint density at radius 3 is 2.61 bits per heavy atom. The van der Waals surface area contributed by atoms with E-state index in [9.17, 15) is 4.79 Å². The van der Waals surface area contributed by atoms with Gasteiger partial charge in [0.05, 0.1) is 20.3 Å². The summed E-state index contributed by atoms with van der Waals surface area (Å²) in [5, 5.41) is 2.86. The van der Waals surface area contributed by atoms with Crippen LogP contribution in [0.5, 0.6) is 11.5 Å². The molecule has 0 aliphatic heterocycles. The molecular formula is C18H27NO4. The zero-order valence-electron chi connectivity index (χ0n) is 14.6. The first-order chi connectivity index (χ1) is 11.0. The van der Waals surface area contributed by atoms with Gasteiger partial charge in [0, 0.05) is 30.9 Å².